The molecule has 2 N–H and O–H groups in total. The minimum absolute atomic E-state index is 0.128. The van der Waals surface area contributed by atoms with E-state index in [9.17, 15) is 4.79 Å². The zero-order valence-electron chi connectivity index (χ0n) is 14.1. The average molecular weight is 389 g/mol. The quantitative estimate of drug-likeness (QED) is 0.237. The van der Waals surface area contributed by atoms with Crippen molar-refractivity contribution in [1.29, 1.82) is 5.39 Å². The topological polar surface area (TPSA) is 106 Å². The number of aryl methyl sites for hydroxylation is 1. The first kappa shape index (κ1) is 18.0. The van der Waals surface area contributed by atoms with Crippen LogP contribution in [0.1, 0.15) is 18.2 Å². The van der Waals surface area contributed by atoms with Gasteiger partial charge in [-0.15, -0.1) is 11.3 Å². The molecule has 0 aliphatic heterocycles. The first-order valence-corrected chi connectivity index (χ1v) is 8.99. The molecular formula is C17H15ClN5O2S+. The summed E-state index contributed by atoms with van der Waals surface area (Å²) < 4.78 is 6.74. The van der Waals surface area contributed by atoms with Gasteiger partial charge in [0.2, 0.25) is 5.39 Å². The van der Waals surface area contributed by atoms with Crippen molar-refractivity contribution >= 4 is 60.6 Å². The maximum atomic E-state index is 11.5. The highest BCUT2D eigenvalue weighted by atomic mass is 35.5. The lowest BCUT2D eigenvalue weighted by molar-refractivity contribution is -0.141. The number of aromatic nitrogens is 1. The zero-order valence-corrected chi connectivity index (χ0v) is 15.7. The molecule has 9 heteroatoms. The number of fused-ring (bicyclic) bond motifs is 3. The highest BCUT2D eigenvalue weighted by Gasteiger charge is 2.19. The Hall–Kier alpha value is -2.76. The summed E-state index contributed by atoms with van der Waals surface area (Å²) in [6.07, 6.45) is 0. The predicted molar refractivity (Wildman–Crippen MR) is 104 cm³/mol. The molecule has 2 heterocycles. The number of nitrogens with two attached hydrogens (primary N) is 1. The second kappa shape index (κ2) is 7.23. The van der Waals surface area contributed by atoms with Crippen LogP contribution in [0.2, 0.25) is 5.15 Å². The van der Waals surface area contributed by atoms with E-state index in [1.807, 2.05) is 13.0 Å². The molecule has 0 atom stereocenters. The number of ether oxygens (including phenoxy) is 1. The van der Waals surface area contributed by atoms with E-state index in [0.29, 0.717) is 11.4 Å². The van der Waals surface area contributed by atoms with Crippen molar-refractivity contribution in [3.05, 3.63) is 39.6 Å². The van der Waals surface area contributed by atoms with Gasteiger partial charge in [-0.05, 0) is 25.5 Å². The molecule has 0 saturated heterocycles. The number of halogens is 1. The molecule has 0 aliphatic rings. The van der Waals surface area contributed by atoms with Crippen molar-refractivity contribution < 1.29 is 9.53 Å². The van der Waals surface area contributed by atoms with E-state index in [4.69, 9.17) is 27.5 Å². The van der Waals surface area contributed by atoms with Crippen LogP contribution in [0.15, 0.2) is 23.2 Å². The highest BCUT2D eigenvalue weighted by Crippen LogP contribution is 2.41. The van der Waals surface area contributed by atoms with Gasteiger partial charge < -0.3 is 10.5 Å². The van der Waals surface area contributed by atoms with Gasteiger partial charge in [0.15, 0.2) is 4.98 Å². The standard InChI is InChI=1S/C17H15ClN5O2S/c1-3-25-12(24)7-21-17(19)14-8(2)15-13(16(18)22-14)10-6-9(23-20)4-5-11(10)26-15/h4-6H,3,7H2,1-2H3,(H2,19,21)/q+1. The van der Waals surface area contributed by atoms with Crippen molar-refractivity contribution in [2.45, 2.75) is 13.8 Å². The number of aliphatic imine (C=N–C) groups is 1. The van der Waals surface area contributed by atoms with E-state index in [2.05, 4.69) is 15.0 Å². The van der Waals surface area contributed by atoms with E-state index in [1.165, 1.54) is 11.3 Å². The molecule has 0 fully saturated rings. The third kappa shape index (κ3) is 3.19. The van der Waals surface area contributed by atoms with Crippen LogP contribution in [0.4, 0.5) is 5.69 Å². The smallest absolute Gasteiger partial charge is 0.385 e. The van der Waals surface area contributed by atoms with Gasteiger partial charge in [-0.1, -0.05) is 11.6 Å². The molecule has 26 heavy (non-hydrogen) atoms. The largest absolute Gasteiger partial charge is 0.465 e. The van der Waals surface area contributed by atoms with Crippen LogP contribution in [0.5, 0.6) is 0 Å². The van der Waals surface area contributed by atoms with Gasteiger partial charge in [0.1, 0.15) is 23.2 Å². The lowest BCUT2D eigenvalue weighted by Gasteiger charge is -2.07. The number of rotatable bonds is 4. The van der Waals surface area contributed by atoms with E-state index in [-0.39, 0.29) is 24.1 Å². The SMILES string of the molecule is CCOC(=O)CN=C(N)c1nc(Cl)c2c(sc3ccc([N+]#N)cc32)c1C. The molecule has 0 saturated carbocycles. The number of amidine groups is 1. The number of esters is 1. The molecule has 132 valence electrons. The lowest BCUT2D eigenvalue weighted by atomic mass is 10.1. The van der Waals surface area contributed by atoms with Gasteiger partial charge in [0.25, 0.3) is 0 Å². The molecule has 2 aromatic heterocycles. The van der Waals surface area contributed by atoms with Crippen LogP contribution < -0.4 is 5.73 Å². The molecule has 3 rings (SSSR count). The Bertz CT molecular complexity index is 1100. The molecule has 3 aromatic rings. The lowest BCUT2D eigenvalue weighted by Crippen LogP contribution is -2.20. The van der Waals surface area contributed by atoms with E-state index in [0.717, 1.165) is 25.7 Å². The summed E-state index contributed by atoms with van der Waals surface area (Å²) in [5.74, 6) is -0.328. The summed E-state index contributed by atoms with van der Waals surface area (Å²) in [5.41, 5.74) is 7.71. The van der Waals surface area contributed by atoms with E-state index < -0.39 is 5.97 Å². The normalized spacial score (nSPS) is 11.7. The number of carbonyl (C=O) groups excluding carboxylic acids is 1. The molecule has 1 aromatic carbocycles. The third-order valence-corrected chi connectivity index (χ3v) is 5.39. The van der Waals surface area contributed by atoms with Gasteiger partial charge >= 0.3 is 11.7 Å². The summed E-state index contributed by atoms with van der Waals surface area (Å²) in [7, 11) is 0. The van der Waals surface area contributed by atoms with Crippen LogP contribution in [0.3, 0.4) is 0 Å². The molecule has 0 bridgehead atoms. The number of nitrogens with zero attached hydrogens (tertiary/aromatic N) is 4. The fourth-order valence-electron chi connectivity index (χ4n) is 2.64. The third-order valence-electron chi connectivity index (χ3n) is 3.83. The maximum Gasteiger partial charge on any atom is 0.385 e. The minimum Gasteiger partial charge on any atom is -0.465 e. The Morgan fingerprint density at radius 2 is 2.27 bits per heavy atom. The number of hydrogen-bond donors (Lipinski definition) is 1. The van der Waals surface area contributed by atoms with Crippen molar-refractivity contribution in [3.63, 3.8) is 0 Å². The Morgan fingerprint density at radius 1 is 1.50 bits per heavy atom. The number of thiophene rings is 1. The fourth-order valence-corrected chi connectivity index (χ4v) is 4.16. The number of diazo groups is 1. The highest BCUT2D eigenvalue weighted by molar-refractivity contribution is 7.26. The summed E-state index contributed by atoms with van der Waals surface area (Å²) >= 11 is 7.94. The van der Waals surface area contributed by atoms with Gasteiger partial charge in [0, 0.05) is 32.3 Å². The number of carbonyl (C=O) groups is 1. The van der Waals surface area contributed by atoms with Crippen LogP contribution in [-0.2, 0) is 9.53 Å². The molecule has 0 radical (unpaired) electrons. The summed E-state index contributed by atoms with van der Waals surface area (Å²) in [4.78, 5) is 23.1. The van der Waals surface area contributed by atoms with Crippen LogP contribution >= 0.6 is 22.9 Å². The Labute approximate surface area is 158 Å². The number of hydrogen-bond acceptors (Lipinski definition) is 6. The van der Waals surface area contributed by atoms with Crippen LogP contribution in [-0.4, -0.2) is 29.9 Å². The van der Waals surface area contributed by atoms with Crippen LogP contribution in [0, 0.1) is 12.3 Å². The monoisotopic (exact) mass is 388 g/mol. The fraction of sp³-hybridized carbons (Fsp3) is 0.235. The van der Waals surface area contributed by atoms with Gasteiger partial charge in [-0.2, -0.15) is 0 Å². The predicted octanol–water partition coefficient (Wildman–Crippen LogP) is 4.16. The Kier molecular flexibility index (Phi) is 5.02. The summed E-state index contributed by atoms with van der Waals surface area (Å²) in [6.45, 7) is 3.71. The van der Waals surface area contributed by atoms with Gasteiger partial charge in [-0.25, -0.2) is 4.98 Å². The minimum atomic E-state index is -0.456. The number of pyridine rings is 1. The Balaban J connectivity index is 2.13. The molecule has 0 unspecified atom stereocenters. The maximum absolute atomic E-state index is 11.5. The molecule has 7 nitrogen and oxygen atoms in total. The second-order valence-electron chi connectivity index (χ2n) is 5.47. The summed E-state index contributed by atoms with van der Waals surface area (Å²) in [5, 5.41) is 10.9. The molecule has 0 spiro atoms. The molecule has 0 aliphatic carbocycles. The average Bonchev–Trinajstić information content (AvgIpc) is 3.02. The van der Waals surface area contributed by atoms with Gasteiger partial charge in [-0.3, -0.25) is 9.79 Å². The van der Waals surface area contributed by atoms with E-state index in [1.54, 1.807) is 19.1 Å². The van der Waals surface area contributed by atoms with Crippen LogP contribution in [0.25, 0.3) is 25.1 Å². The van der Waals surface area contributed by atoms with Crippen molar-refractivity contribution in [1.82, 2.24) is 4.98 Å². The van der Waals surface area contributed by atoms with E-state index >= 15 is 0 Å². The number of benzene rings is 1. The molecular weight excluding hydrogens is 374 g/mol. The van der Waals surface area contributed by atoms with Crippen molar-refractivity contribution in [2.24, 2.45) is 10.7 Å². The van der Waals surface area contributed by atoms with Gasteiger partial charge in [0.05, 0.1) is 6.61 Å². The summed E-state index contributed by atoms with van der Waals surface area (Å²) in [6, 6.07) is 5.33. The Morgan fingerprint density at radius 3 is 2.96 bits per heavy atom. The first-order valence-electron chi connectivity index (χ1n) is 7.79. The second-order valence-corrected chi connectivity index (χ2v) is 6.88. The van der Waals surface area contributed by atoms with Crippen molar-refractivity contribution in [2.75, 3.05) is 13.2 Å². The molecule has 0 amide bonds. The zero-order chi connectivity index (χ0) is 18.8. The first-order chi connectivity index (χ1) is 12.5. The van der Waals surface area contributed by atoms with Crippen molar-refractivity contribution in [3.8, 4) is 0 Å².